The maximum atomic E-state index is 4.16. The molecular formula is C17H20. The molecule has 0 saturated carbocycles. The Morgan fingerprint density at radius 1 is 0.588 bits per heavy atom. The number of hydrogen-bond donors (Lipinski definition) is 0. The van der Waals surface area contributed by atoms with Gasteiger partial charge >= 0.3 is 0 Å². The van der Waals surface area contributed by atoms with Crippen molar-refractivity contribution in [2.45, 2.75) is 51.4 Å². The topological polar surface area (TPSA) is 0 Å². The molecular weight excluding hydrogens is 204 g/mol. The maximum Gasteiger partial charge on any atom is -0.0105 e. The van der Waals surface area contributed by atoms with E-state index < -0.39 is 0 Å². The molecule has 4 rings (SSSR count). The first-order chi connectivity index (χ1) is 8.13. The van der Waals surface area contributed by atoms with Crippen molar-refractivity contribution in [2.24, 2.45) is 5.41 Å². The lowest BCUT2D eigenvalue weighted by atomic mass is 9.77. The van der Waals surface area contributed by atoms with Gasteiger partial charge in [-0.2, -0.15) is 0 Å². The van der Waals surface area contributed by atoms with Crippen LogP contribution in [0.4, 0.5) is 0 Å². The van der Waals surface area contributed by atoms with E-state index in [-0.39, 0.29) is 0 Å². The lowest BCUT2D eigenvalue weighted by Gasteiger charge is -2.27. The van der Waals surface area contributed by atoms with E-state index in [9.17, 15) is 0 Å². The van der Waals surface area contributed by atoms with Crippen molar-refractivity contribution in [3.63, 3.8) is 0 Å². The van der Waals surface area contributed by atoms with Crippen LogP contribution in [0.2, 0.25) is 0 Å². The molecule has 4 aliphatic carbocycles. The van der Waals surface area contributed by atoms with E-state index in [1.807, 2.05) is 0 Å². The Balaban J connectivity index is 1.54. The third-order valence-electron chi connectivity index (χ3n) is 5.21. The molecule has 0 heteroatoms. The van der Waals surface area contributed by atoms with Crippen LogP contribution in [-0.4, -0.2) is 0 Å². The van der Waals surface area contributed by atoms with Gasteiger partial charge in [0.25, 0.3) is 0 Å². The van der Waals surface area contributed by atoms with Crippen LogP contribution < -0.4 is 0 Å². The fourth-order valence-electron chi connectivity index (χ4n) is 4.77. The first-order valence-corrected chi connectivity index (χ1v) is 6.86. The third kappa shape index (κ3) is 1.36. The highest BCUT2D eigenvalue weighted by molar-refractivity contribution is 5.44. The minimum Gasteiger partial charge on any atom is -0.0992 e. The van der Waals surface area contributed by atoms with Gasteiger partial charge in [-0.15, -0.1) is 0 Å². The van der Waals surface area contributed by atoms with Gasteiger partial charge in [-0.1, -0.05) is 46.6 Å². The van der Waals surface area contributed by atoms with Crippen LogP contribution in [-0.2, 0) is 0 Å². The summed E-state index contributed by atoms with van der Waals surface area (Å²) >= 11 is 0. The monoisotopic (exact) mass is 224 g/mol. The van der Waals surface area contributed by atoms with E-state index in [2.05, 4.69) is 13.2 Å². The van der Waals surface area contributed by atoms with E-state index in [4.69, 9.17) is 0 Å². The summed E-state index contributed by atoms with van der Waals surface area (Å²) in [4.78, 5) is 0. The standard InChI is InChI=1S/C17H20/c1-11-3-13-7-17(8-14(13)4-11)9-15-5-12(2)6-16(15)10-17/h1-10H2. The van der Waals surface area contributed by atoms with Crippen molar-refractivity contribution in [1.82, 2.24) is 0 Å². The van der Waals surface area contributed by atoms with Crippen LogP contribution in [0, 0.1) is 5.41 Å². The smallest absolute Gasteiger partial charge is 0.0105 e. The summed E-state index contributed by atoms with van der Waals surface area (Å²) in [7, 11) is 0. The first-order valence-electron chi connectivity index (χ1n) is 6.86. The molecule has 0 aromatic carbocycles. The van der Waals surface area contributed by atoms with Crippen LogP contribution in [0.5, 0.6) is 0 Å². The van der Waals surface area contributed by atoms with E-state index in [1.54, 1.807) is 22.3 Å². The summed E-state index contributed by atoms with van der Waals surface area (Å²) in [5, 5.41) is 0. The van der Waals surface area contributed by atoms with Gasteiger partial charge < -0.3 is 0 Å². The van der Waals surface area contributed by atoms with Gasteiger partial charge in [-0.25, -0.2) is 0 Å². The number of allylic oxidation sites excluding steroid dienone is 6. The molecule has 0 radical (unpaired) electrons. The lowest BCUT2D eigenvalue weighted by Crippen LogP contribution is -2.15. The van der Waals surface area contributed by atoms with Crippen LogP contribution in [0.15, 0.2) is 46.6 Å². The van der Waals surface area contributed by atoms with Crippen molar-refractivity contribution in [1.29, 1.82) is 0 Å². The van der Waals surface area contributed by atoms with Crippen molar-refractivity contribution in [3.05, 3.63) is 46.6 Å². The minimum atomic E-state index is 0.622. The average molecular weight is 224 g/mol. The molecule has 0 aromatic rings. The van der Waals surface area contributed by atoms with Gasteiger partial charge in [0.15, 0.2) is 0 Å². The predicted octanol–water partition coefficient (Wildman–Crippen LogP) is 4.85. The quantitative estimate of drug-likeness (QED) is 0.516. The molecule has 88 valence electrons. The Kier molecular flexibility index (Phi) is 1.78. The zero-order valence-electron chi connectivity index (χ0n) is 10.6. The number of hydrogen-bond acceptors (Lipinski definition) is 0. The average Bonchev–Trinajstić information content (AvgIpc) is 2.85. The Labute approximate surface area is 104 Å². The molecule has 0 fully saturated rings. The molecule has 1 spiro atoms. The van der Waals surface area contributed by atoms with Gasteiger partial charge in [-0.3, -0.25) is 0 Å². The SMILES string of the molecule is C=C1CC2=C(C1)CC1(C2)CC2=C(CC(=C)C2)C1. The lowest BCUT2D eigenvalue weighted by molar-refractivity contribution is 0.312. The Morgan fingerprint density at radius 3 is 1.18 bits per heavy atom. The van der Waals surface area contributed by atoms with Crippen molar-refractivity contribution in [2.75, 3.05) is 0 Å². The summed E-state index contributed by atoms with van der Waals surface area (Å²) in [6.07, 6.45) is 10.4. The summed E-state index contributed by atoms with van der Waals surface area (Å²) in [5.41, 5.74) is 10.6. The Bertz CT molecular complexity index is 419. The van der Waals surface area contributed by atoms with Gasteiger partial charge in [0, 0.05) is 0 Å². The van der Waals surface area contributed by atoms with Crippen molar-refractivity contribution in [3.8, 4) is 0 Å². The van der Waals surface area contributed by atoms with Crippen molar-refractivity contribution < 1.29 is 0 Å². The molecule has 0 unspecified atom stereocenters. The van der Waals surface area contributed by atoms with E-state index in [0.717, 1.165) is 0 Å². The molecule has 17 heavy (non-hydrogen) atoms. The molecule has 0 heterocycles. The second kappa shape index (κ2) is 3.04. The van der Waals surface area contributed by atoms with Crippen LogP contribution in [0.25, 0.3) is 0 Å². The van der Waals surface area contributed by atoms with E-state index in [0.29, 0.717) is 5.41 Å². The Morgan fingerprint density at radius 2 is 0.882 bits per heavy atom. The van der Waals surface area contributed by atoms with Crippen molar-refractivity contribution >= 4 is 0 Å². The highest BCUT2D eigenvalue weighted by Crippen LogP contribution is 2.61. The van der Waals surface area contributed by atoms with Gasteiger partial charge in [0.1, 0.15) is 0 Å². The minimum absolute atomic E-state index is 0.622. The molecule has 0 saturated heterocycles. The van der Waals surface area contributed by atoms with Crippen LogP contribution in [0.3, 0.4) is 0 Å². The highest BCUT2D eigenvalue weighted by atomic mass is 14.5. The van der Waals surface area contributed by atoms with Crippen LogP contribution >= 0.6 is 0 Å². The summed E-state index contributed by atoms with van der Waals surface area (Å²) < 4.78 is 0. The Hall–Kier alpha value is -1.04. The second-order valence-corrected chi connectivity index (χ2v) is 6.83. The predicted molar refractivity (Wildman–Crippen MR) is 71.7 cm³/mol. The molecule has 0 N–H and O–H groups in total. The normalized spacial score (nSPS) is 29.9. The maximum absolute atomic E-state index is 4.16. The largest absolute Gasteiger partial charge is 0.0992 e. The summed E-state index contributed by atoms with van der Waals surface area (Å²) in [5.74, 6) is 0. The second-order valence-electron chi connectivity index (χ2n) is 6.83. The molecule has 0 aliphatic heterocycles. The third-order valence-corrected chi connectivity index (χ3v) is 5.21. The first kappa shape index (κ1) is 9.94. The van der Waals surface area contributed by atoms with E-state index in [1.165, 1.54) is 62.5 Å². The zero-order chi connectivity index (χ0) is 11.6. The number of rotatable bonds is 0. The fraction of sp³-hybridized carbons (Fsp3) is 0.529. The summed E-state index contributed by atoms with van der Waals surface area (Å²) in [6, 6.07) is 0. The van der Waals surface area contributed by atoms with Crippen LogP contribution in [0.1, 0.15) is 51.4 Å². The molecule has 0 amide bonds. The van der Waals surface area contributed by atoms with E-state index >= 15 is 0 Å². The molecule has 0 bridgehead atoms. The fourth-order valence-corrected chi connectivity index (χ4v) is 4.77. The molecule has 0 atom stereocenters. The zero-order valence-corrected chi connectivity index (χ0v) is 10.6. The summed E-state index contributed by atoms with van der Waals surface area (Å²) in [6.45, 7) is 8.31. The molecule has 4 aliphatic rings. The van der Waals surface area contributed by atoms with Gasteiger partial charge in [0.05, 0.1) is 0 Å². The molecule has 0 nitrogen and oxygen atoms in total. The highest BCUT2D eigenvalue weighted by Gasteiger charge is 2.46. The molecule has 0 aromatic heterocycles. The van der Waals surface area contributed by atoms with Gasteiger partial charge in [0.2, 0.25) is 0 Å². The van der Waals surface area contributed by atoms with Gasteiger partial charge in [-0.05, 0) is 56.8 Å².